The lowest BCUT2D eigenvalue weighted by molar-refractivity contribution is -0.765. The van der Waals surface area contributed by atoms with E-state index in [1.807, 2.05) is 0 Å². The predicted molar refractivity (Wildman–Crippen MR) is 68.0 cm³/mol. The minimum Gasteiger partial charge on any atom is -0.394 e. The summed E-state index contributed by atoms with van der Waals surface area (Å²) in [5.74, 6) is 0. The average molecular weight is 366 g/mol. The van der Waals surface area contributed by atoms with Gasteiger partial charge in [-0.3, -0.25) is 4.79 Å². The Bertz CT molecular complexity index is 455. The highest BCUT2D eigenvalue weighted by atomic mass is 127. The highest BCUT2D eigenvalue weighted by Gasteiger charge is 2.47. The standard InChI is InChI=1S/C11H13INO5/c12-10(17)6-2-1-3-13(4-6)11-9(16)8(15)7(5-14)18-11/h1-4,7-9,11,14-16H,5H2/q+1/t7-,8-,9-,11-/m1/s1. The molecule has 18 heavy (non-hydrogen) atoms. The van der Waals surface area contributed by atoms with E-state index < -0.39 is 24.5 Å². The molecule has 0 amide bonds. The molecule has 6 nitrogen and oxygen atoms in total. The Morgan fingerprint density at radius 1 is 1.44 bits per heavy atom. The van der Waals surface area contributed by atoms with Crippen LogP contribution in [0.25, 0.3) is 0 Å². The van der Waals surface area contributed by atoms with Crippen LogP contribution in [-0.2, 0) is 4.74 Å². The zero-order chi connectivity index (χ0) is 13.3. The van der Waals surface area contributed by atoms with Crippen LogP contribution in [0.4, 0.5) is 0 Å². The number of hydrogen-bond donors (Lipinski definition) is 3. The summed E-state index contributed by atoms with van der Waals surface area (Å²) in [6, 6.07) is 3.30. The van der Waals surface area contributed by atoms with Gasteiger partial charge in [-0.05, 0) is 6.07 Å². The molecule has 0 spiro atoms. The molecule has 0 bridgehead atoms. The number of hydrogen-bond acceptors (Lipinski definition) is 5. The van der Waals surface area contributed by atoms with Crippen LogP contribution in [0.15, 0.2) is 24.5 Å². The fourth-order valence-corrected chi connectivity index (χ4v) is 2.21. The van der Waals surface area contributed by atoms with Gasteiger partial charge >= 0.3 is 0 Å². The molecular weight excluding hydrogens is 353 g/mol. The summed E-state index contributed by atoms with van der Waals surface area (Å²) >= 11 is 1.66. The zero-order valence-electron chi connectivity index (χ0n) is 9.31. The first-order valence-electron chi connectivity index (χ1n) is 5.37. The minimum absolute atomic E-state index is 0.131. The number of aliphatic hydroxyl groups excluding tert-OH is 3. The zero-order valence-corrected chi connectivity index (χ0v) is 11.5. The van der Waals surface area contributed by atoms with Gasteiger partial charge in [0.1, 0.15) is 12.2 Å². The van der Waals surface area contributed by atoms with Gasteiger partial charge in [-0.15, -0.1) is 0 Å². The van der Waals surface area contributed by atoms with E-state index in [2.05, 4.69) is 0 Å². The first kappa shape index (κ1) is 13.8. The van der Waals surface area contributed by atoms with Crippen molar-refractivity contribution in [3.8, 4) is 0 Å². The second-order valence-electron chi connectivity index (χ2n) is 4.04. The van der Waals surface area contributed by atoms with Crippen LogP contribution in [0.2, 0.25) is 0 Å². The van der Waals surface area contributed by atoms with Crippen molar-refractivity contribution in [2.45, 2.75) is 24.5 Å². The number of aromatic nitrogens is 1. The smallest absolute Gasteiger partial charge is 0.292 e. The molecule has 0 aromatic carbocycles. The van der Waals surface area contributed by atoms with E-state index in [4.69, 9.17) is 9.84 Å². The number of halogens is 1. The molecule has 1 aliphatic rings. The molecule has 1 aliphatic heterocycles. The van der Waals surface area contributed by atoms with Crippen molar-refractivity contribution in [3.05, 3.63) is 30.1 Å². The summed E-state index contributed by atoms with van der Waals surface area (Å²) in [5.41, 5.74) is 0.468. The number of aliphatic hydroxyl groups is 3. The Hall–Kier alpha value is -0.610. The summed E-state index contributed by atoms with van der Waals surface area (Å²) in [7, 11) is 0. The number of pyridine rings is 1. The van der Waals surface area contributed by atoms with Crippen molar-refractivity contribution in [2.75, 3.05) is 6.61 Å². The topological polar surface area (TPSA) is 90.9 Å². The third-order valence-corrected chi connectivity index (χ3v) is 3.48. The molecule has 0 aliphatic carbocycles. The van der Waals surface area contributed by atoms with E-state index in [1.54, 1.807) is 40.9 Å². The largest absolute Gasteiger partial charge is 0.394 e. The van der Waals surface area contributed by atoms with Gasteiger partial charge in [0.2, 0.25) is 3.79 Å². The Balaban J connectivity index is 2.27. The van der Waals surface area contributed by atoms with Crippen molar-refractivity contribution in [1.82, 2.24) is 0 Å². The summed E-state index contributed by atoms with van der Waals surface area (Å²) in [5, 5.41) is 28.5. The summed E-state index contributed by atoms with van der Waals surface area (Å²) in [4.78, 5) is 11.3. The second-order valence-corrected chi connectivity index (χ2v) is 5.02. The molecule has 0 radical (unpaired) electrons. The predicted octanol–water partition coefficient (Wildman–Crippen LogP) is -0.839. The lowest BCUT2D eigenvalue weighted by Gasteiger charge is -2.09. The molecule has 2 heterocycles. The summed E-state index contributed by atoms with van der Waals surface area (Å²) in [6.07, 6.45) is -0.763. The molecule has 1 saturated heterocycles. The Labute approximate surface area is 117 Å². The third kappa shape index (κ3) is 2.54. The van der Waals surface area contributed by atoms with Crippen LogP contribution in [-0.4, -0.2) is 44.0 Å². The molecule has 1 aromatic heterocycles. The molecule has 2 rings (SSSR count). The maximum absolute atomic E-state index is 11.3. The first-order chi connectivity index (χ1) is 8.54. The number of carbonyl (C=O) groups is 1. The second kappa shape index (κ2) is 5.57. The summed E-state index contributed by atoms with van der Waals surface area (Å²) in [6.45, 7) is -0.375. The van der Waals surface area contributed by atoms with Gasteiger partial charge in [-0.1, -0.05) is 0 Å². The number of nitrogens with zero attached hydrogens (tertiary/aromatic N) is 1. The summed E-state index contributed by atoms with van der Waals surface area (Å²) < 4.78 is 6.73. The van der Waals surface area contributed by atoms with E-state index in [0.29, 0.717) is 5.56 Å². The number of rotatable bonds is 3. The highest BCUT2D eigenvalue weighted by Crippen LogP contribution is 2.25. The van der Waals surface area contributed by atoms with Crippen LogP contribution in [0.5, 0.6) is 0 Å². The third-order valence-electron chi connectivity index (χ3n) is 2.86. The molecule has 0 unspecified atom stereocenters. The highest BCUT2D eigenvalue weighted by molar-refractivity contribution is 14.1. The fraction of sp³-hybridized carbons (Fsp3) is 0.455. The average Bonchev–Trinajstić information content (AvgIpc) is 2.66. The van der Waals surface area contributed by atoms with Crippen molar-refractivity contribution in [2.24, 2.45) is 0 Å². The normalized spacial score (nSPS) is 31.6. The van der Waals surface area contributed by atoms with Crippen LogP contribution in [0.1, 0.15) is 16.6 Å². The van der Waals surface area contributed by atoms with Crippen LogP contribution >= 0.6 is 22.6 Å². The van der Waals surface area contributed by atoms with E-state index in [-0.39, 0.29) is 10.4 Å². The quantitative estimate of drug-likeness (QED) is 0.369. The molecular formula is C11H13INO5+. The van der Waals surface area contributed by atoms with Crippen LogP contribution in [0, 0.1) is 0 Å². The van der Waals surface area contributed by atoms with Gasteiger partial charge < -0.3 is 20.1 Å². The monoisotopic (exact) mass is 366 g/mol. The lowest BCUT2D eigenvalue weighted by Crippen LogP contribution is -2.46. The Morgan fingerprint density at radius 2 is 2.17 bits per heavy atom. The molecule has 98 valence electrons. The van der Waals surface area contributed by atoms with Gasteiger partial charge in [0.15, 0.2) is 18.5 Å². The Morgan fingerprint density at radius 3 is 2.72 bits per heavy atom. The maximum Gasteiger partial charge on any atom is 0.292 e. The van der Waals surface area contributed by atoms with Crippen LogP contribution < -0.4 is 4.57 Å². The van der Waals surface area contributed by atoms with Gasteiger partial charge in [0.25, 0.3) is 6.23 Å². The molecule has 1 fully saturated rings. The van der Waals surface area contributed by atoms with E-state index in [1.165, 1.54) is 10.8 Å². The molecule has 0 saturated carbocycles. The molecule has 4 atom stereocenters. The fourth-order valence-electron chi connectivity index (χ4n) is 1.89. The maximum atomic E-state index is 11.3. The van der Waals surface area contributed by atoms with Crippen molar-refractivity contribution in [1.29, 1.82) is 0 Å². The van der Waals surface area contributed by atoms with Crippen molar-refractivity contribution in [3.63, 3.8) is 0 Å². The van der Waals surface area contributed by atoms with E-state index in [0.717, 1.165) is 0 Å². The van der Waals surface area contributed by atoms with Gasteiger partial charge in [-0.2, -0.15) is 4.57 Å². The van der Waals surface area contributed by atoms with Crippen molar-refractivity contribution < 1.29 is 29.4 Å². The number of ether oxygens (including phenoxy) is 1. The van der Waals surface area contributed by atoms with E-state index in [9.17, 15) is 15.0 Å². The molecule has 1 aromatic rings. The lowest BCUT2D eigenvalue weighted by atomic mass is 10.1. The minimum atomic E-state index is -1.15. The number of carbonyl (C=O) groups excluding carboxylic acids is 1. The van der Waals surface area contributed by atoms with Gasteiger partial charge in [-0.25, -0.2) is 0 Å². The first-order valence-corrected chi connectivity index (χ1v) is 6.45. The van der Waals surface area contributed by atoms with Crippen LogP contribution in [0.3, 0.4) is 0 Å². The molecule has 7 heteroatoms. The van der Waals surface area contributed by atoms with E-state index >= 15 is 0 Å². The SMILES string of the molecule is O=C(I)c1ccc[n+]([C@@H]2O[C@H](CO)[C@@H](O)[C@H]2O)c1. The van der Waals surface area contributed by atoms with Gasteiger partial charge in [0.05, 0.1) is 12.2 Å². The Kier molecular flexibility index (Phi) is 4.28. The van der Waals surface area contributed by atoms with Crippen molar-refractivity contribution >= 4 is 26.4 Å². The van der Waals surface area contributed by atoms with Gasteiger partial charge in [0, 0.05) is 28.7 Å². The molecule has 3 N–H and O–H groups in total.